The molecule has 5 heteroatoms. The highest BCUT2D eigenvalue weighted by atomic mass is 35.5. The Kier molecular flexibility index (Phi) is 7.27. The fourth-order valence-corrected chi connectivity index (χ4v) is 3.68. The molecule has 4 nitrogen and oxygen atoms in total. The van der Waals surface area contributed by atoms with E-state index in [0.717, 1.165) is 50.5 Å². The first kappa shape index (κ1) is 19.9. The molecular weight excluding hydrogens is 360 g/mol. The van der Waals surface area contributed by atoms with Crippen LogP contribution in [0.15, 0.2) is 54.6 Å². The molecule has 0 radical (unpaired) electrons. The molecule has 1 saturated heterocycles. The third kappa shape index (κ3) is 5.55. The van der Waals surface area contributed by atoms with Crippen molar-refractivity contribution in [3.05, 3.63) is 70.7 Å². The van der Waals surface area contributed by atoms with Crippen LogP contribution in [-0.4, -0.2) is 62.1 Å². The van der Waals surface area contributed by atoms with E-state index in [-0.39, 0.29) is 11.8 Å². The fraction of sp³-hybridized carbons (Fsp3) is 0.409. The minimum absolute atomic E-state index is 0.0440. The Labute approximate surface area is 166 Å². The summed E-state index contributed by atoms with van der Waals surface area (Å²) in [6.07, 6.45) is 0.476. The van der Waals surface area contributed by atoms with Gasteiger partial charge in [-0.05, 0) is 23.3 Å². The number of hydrogen-bond donors (Lipinski definition) is 0. The van der Waals surface area contributed by atoms with Crippen molar-refractivity contribution < 1.29 is 9.53 Å². The van der Waals surface area contributed by atoms with E-state index in [1.807, 2.05) is 47.4 Å². The number of hydrogen-bond acceptors (Lipinski definition) is 3. The summed E-state index contributed by atoms with van der Waals surface area (Å²) in [5.41, 5.74) is 2.28. The van der Waals surface area contributed by atoms with Crippen LogP contribution in [0.3, 0.4) is 0 Å². The van der Waals surface area contributed by atoms with Gasteiger partial charge < -0.3 is 9.64 Å². The Bertz CT molecular complexity index is 713. The van der Waals surface area contributed by atoms with E-state index in [1.165, 1.54) is 0 Å². The summed E-state index contributed by atoms with van der Waals surface area (Å²) < 4.78 is 5.15. The van der Waals surface area contributed by atoms with Gasteiger partial charge in [0.15, 0.2) is 0 Å². The molecule has 1 heterocycles. The molecule has 1 fully saturated rings. The van der Waals surface area contributed by atoms with E-state index in [0.29, 0.717) is 11.4 Å². The monoisotopic (exact) mass is 386 g/mol. The molecule has 0 saturated carbocycles. The summed E-state index contributed by atoms with van der Waals surface area (Å²) in [4.78, 5) is 17.3. The van der Waals surface area contributed by atoms with Gasteiger partial charge in [-0.2, -0.15) is 0 Å². The van der Waals surface area contributed by atoms with Gasteiger partial charge in [-0.1, -0.05) is 54.1 Å². The molecule has 27 heavy (non-hydrogen) atoms. The predicted molar refractivity (Wildman–Crippen MR) is 109 cm³/mol. The summed E-state index contributed by atoms with van der Waals surface area (Å²) in [6.45, 7) is 5.05. The maximum absolute atomic E-state index is 13.0. The Balaban J connectivity index is 1.67. The highest BCUT2D eigenvalue weighted by Gasteiger charge is 2.25. The minimum Gasteiger partial charge on any atom is -0.383 e. The van der Waals surface area contributed by atoms with Gasteiger partial charge in [-0.15, -0.1) is 0 Å². The minimum atomic E-state index is 0.0440. The summed E-state index contributed by atoms with van der Waals surface area (Å²) >= 11 is 6.05. The normalized spacial score (nSPS) is 16.3. The number of benzene rings is 2. The first-order valence-electron chi connectivity index (χ1n) is 9.47. The first-order valence-corrected chi connectivity index (χ1v) is 9.84. The number of methoxy groups -OCH3 is 1. The third-order valence-electron chi connectivity index (χ3n) is 5.19. The van der Waals surface area contributed by atoms with Crippen LogP contribution in [-0.2, 0) is 9.53 Å². The molecule has 144 valence electrons. The Morgan fingerprint density at radius 1 is 1.00 bits per heavy atom. The summed E-state index contributed by atoms with van der Waals surface area (Å²) in [6, 6.07) is 18.1. The molecule has 0 aromatic heterocycles. The molecule has 0 unspecified atom stereocenters. The largest absolute Gasteiger partial charge is 0.383 e. The van der Waals surface area contributed by atoms with Gasteiger partial charge in [0.25, 0.3) is 0 Å². The van der Waals surface area contributed by atoms with Crippen LogP contribution in [0.2, 0.25) is 5.02 Å². The quantitative estimate of drug-likeness (QED) is 0.728. The average Bonchev–Trinajstić information content (AvgIpc) is 2.72. The van der Waals surface area contributed by atoms with Gasteiger partial charge in [0, 0.05) is 57.2 Å². The molecule has 0 aliphatic carbocycles. The van der Waals surface area contributed by atoms with Crippen molar-refractivity contribution >= 4 is 17.5 Å². The third-order valence-corrected chi connectivity index (χ3v) is 5.44. The lowest BCUT2D eigenvalue weighted by molar-refractivity contribution is -0.133. The lowest BCUT2D eigenvalue weighted by atomic mass is 9.88. The Morgan fingerprint density at radius 3 is 2.26 bits per heavy atom. The number of carbonyl (C=O) groups is 1. The molecule has 2 aromatic rings. The van der Waals surface area contributed by atoms with Gasteiger partial charge in [0.1, 0.15) is 0 Å². The van der Waals surface area contributed by atoms with E-state index < -0.39 is 0 Å². The van der Waals surface area contributed by atoms with Crippen LogP contribution < -0.4 is 0 Å². The lowest BCUT2D eigenvalue weighted by Gasteiger charge is -2.35. The van der Waals surface area contributed by atoms with Crippen LogP contribution >= 0.6 is 11.6 Å². The van der Waals surface area contributed by atoms with Crippen LogP contribution in [0.25, 0.3) is 0 Å². The van der Waals surface area contributed by atoms with E-state index in [9.17, 15) is 4.79 Å². The van der Waals surface area contributed by atoms with Gasteiger partial charge in [-0.3, -0.25) is 9.69 Å². The second kappa shape index (κ2) is 9.88. The molecule has 2 aromatic carbocycles. The Hall–Kier alpha value is -1.88. The zero-order chi connectivity index (χ0) is 19.1. The topological polar surface area (TPSA) is 32.8 Å². The maximum atomic E-state index is 13.0. The zero-order valence-electron chi connectivity index (χ0n) is 15.8. The highest BCUT2D eigenvalue weighted by Crippen LogP contribution is 2.29. The second-order valence-electron chi connectivity index (χ2n) is 6.93. The number of carbonyl (C=O) groups excluding carboxylic acids is 1. The van der Waals surface area contributed by atoms with Crippen molar-refractivity contribution in [1.29, 1.82) is 0 Å². The van der Waals surface area contributed by atoms with Crippen molar-refractivity contribution in [3.8, 4) is 0 Å². The van der Waals surface area contributed by atoms with Crippen LogP contribution in [0, 0.1) is 0 Å². The van der Waals surface area contributed by atoms with Gasteiger partial charge in [-0.25, -0.2) is 0 Å². The van der Waals surface area contributed by atoms with E-state index in [1.54, 1.807) is 7.11 Å². The number of rotatable bonds is 7. The number of ether oxygens (including phenoxy) is 1. The maximum Gasteiger partial charge on any atom is 0.223 e. The number of halogens is 1. The van der Waals surface area contributed by atoms with E-state index in [4.69, 9.17) is 16.3 Å². The van der Waals surface area contributed by atoms with Crippen LogP contribution in [0.1, 0.15) is 23.5 Å². The van der Waals surface area contributed by atoms with Gasteiger partial charge >= 0.3 is 0 Å². The molecule has 3 rings (SSSR count). The smallest absolute Gasteiger partial charge is 0.223 e. The fourth-order valence-electron chi connectivity index (χ4n) is 3.55. The van der Waals surface area contributed by atoms with E-state index >= 15 is 0 Å². The van der Waals surface area contributed by atoms with Crippen LogP contribution in [0.5, 0.6) is 0 Å². The molecule has 1 aliphatic rings. The van der Waals surface area contributed by atoms with Gasteiger partial charge in [0.2, 0.25) is 5.91 Å². The van der Waals surface area contributed by atoms with E-state index in [2.05, 4.69) is 17.0 Å². The summed E-state index contributed by atoms with van der Waals surface area (Å²) in [5, 5.41) is 0.712. The molecule has 0 N–H and O–H groups in total. The number of piperazine rings is 1. The summed E-state index contributed by atoms with van der Waals surface area (Å²) in [5.74, 6) is 0.257. The Morgan fingerprint density at radius 2 is 1.63 bits per heavy atom. The van der Waals surface area contributed by atoms with Gasteiger partial charge in [0.05, 0.1) is 6.61 Å². The summed E-state index contributed by atoms with van der Waals surface area (Å²) in [7, 11) is 1.72. The highest BCUT2D eigenvalue weighted by molar-refractivity contribution is 6.30. The van der Waals surface area contributed by atoms with Crippen molar-refractivity contribution in [1.82, 2.24) is 9.80 Å². The molecule has 0 spiro atoms. The molecule has 0 bridgehead atoms. The molecule has 1 aliphatic heterocycles. The first-order chi connectivity index (χ1) is 13.2. The second-order valence-corrected chi connectivity index (χ2v) is 7.37. The number of nitrogens with zero attached hydrogens (tertiary/aromatic N) is 2. The van der Waals surface area contributed by atoms with Crippen molar-refractivity contribution in [2.45, 2.75) is 12.3 Å². The van der Waals surface area contributed by atoms with Crippen molar-refractivity contribution in [2.75, 3.05) is 46.4 Å². The number of amides is 1. The van der Waals surface area contributed by atoms with Crippen molar-refractivity contribution in [2.24, 2.45) is 0 Å². The lowest BCUT2D eigenvalue weighted by Crippen LogP contribution is -2.49. The molecule has 1 amide bonds. The van der Waals surface area contributed by atoms with Crippen LogP contribution in [0.4, 0.5) is 0 Å². The SMILES string of the molecule is COCCN1CCN(C(=O)C[C@@H](c2ccccc2)c2ccc(Cl)cc2)CC1. The predicted octanol–water partition coefficient (Wildman–Crippen LogP) is 3.65. The van der Waals surface area contributed by atoms with Crippen molar-refractivity contribution in [3.63, 3.8) is 0 Å². The standard InChI is InChI=1S/C22H27ClN2O2/c1-27-16-15-24-11-13-25(14-12-24)22(26)17-21(18-5-3-2-4-6-18)19-7-9-20(23)10-8-19/h2-10,21H,11-17H2,1H3/t21-/m0/s1. The average molecular weight is 387 g/mol. The molecule has 1 atom stereocenters. The zero-order valence-corrected chi connectivity index (χ0v) is 16.6. The molecular formula is C22H27ClN2O2.